The van der Waals surface area contributed by atoms with Gasteiger partial charge in [-0.2, -0.15) is 0 Å². The van der Waals surface area contributed by atoms with Crippen molar-refractivity contribution in [1.29, 1.82) is 0 Å². The normalized spacial score (nSPS) is 27.0. The zero-order chi connectivity index (χ0) is 14.7. The smallest absolute Gasteiger partial charge is 0.123 e. The average molecular weight is 277 g/mol. The standard InChI is InChI=1S/C18H28FN/c1-12(2)17-8-5-13(3)9-18(17)20-11-15-6-7-16(19)10-14(15)4/h6-7,10,12-13,17-18,20H,5,8-9,11H2,1-4H3. The van der Waals surface area contributed by atoms with E-state index in [4.69, 9.17) is 0 Å². The Morgan fingerprint density at radius 3 is 2.70 bits per heavy atom. The number of nitrogens with one attached hydrogen (secondary N) is 1. The van der Waals surface area contributed by atoms with E-state index in [9.17, 15) is 4.39 Å². The molecule has 0 saturated heterocycles. The molecule has 0 spiro atoms. The monoisotopic (exact) mass is 277 g/mol. The first kappa shape index (κ1) is 15.5. The average Bonchev–Trinajstić information content (AvgIpc) is 2.37. The first-order valence-electron chi connectivity index (χ1n) is 7.95. The minimum Gasteiger partial charge on any atom is -0.310 e. The molecule has 1 N–H and O–H groups in total. The van der Waals surface area contributed by atoms with E-state index < -0.39 is 0 Å². The molecular formula is C18H28FN. The maximum absolute atomic E-state index is 13.1. The molecule has 1 saturated carbocycles. The molecule has 3 atom stereocenters. The second-order valence-corrected chi connectivity index (χ2v) is 6.88. The fraction of sp³-hybridized carbons (Fsp3) is 0.667. The number of halogens is 1. The summed E-state index contributed by atoms with van der Waals surface area (Å²) in [6, 6.07) is 5.70. The number of benzene rings is 1. The summed E-state index contributed by atoms with van der Waals surface area (Å²) in [4.78, 5) is 0. The van der Waals surface area contributed by atoms with Gasteiger partial charge in [0.2, 0.25) is 0 Å². The second kappa shape index (κ2) is 6.71. The molecule has 1 aliphatic rings. The molecule has 1 aromatic carbocycles. The largest absolute Gasteiger partial charge is 0.310 e. The maximum Gasteiger partial charge on any atom is 0.123 e. The van der Waals surface area contributed by atoms with Crippen LogP contribution in [0.15, 0.2) is 18.2 Å². The summed E-state index contributed by atoms with van der Waals surface area (Å²) in [7, 11) is 0. The molecule has 112 valence electrons. The van der Waals surface area contributed by atoms with Gasteiger partial charge < -0.3 is 5.32 Å². The first-order chi connectivity index (χ1) is 9.47. The predicted octanol–water partition coefficient (Wildman–Crippen LogP) is 4.68. The van der Waals surface area contributed by atoms with Crippen LogP contribution in [0.1, 0.15) is 51.2 Å². The van der Waals surface area contributed by atoms with Crippen molar-refractivity contribution in [1.82, 2.24) is 5.32 Å². The van der Waals surface area contributed by atoms with Gasteiger partial charge in [0.05, 0.1) is 0 Å². The molecule has 0 heterocycles. The van der Waals surface area contributed by atoms with Gasteiger partial charge in [-0.1, -0.05) is 33.3 Å². The number of aryl methyl sites for hydroxylation is 1. The summed E-state index contributed by atoms with van der Waals surface area (Å²) in [5.41, 5.74) is 2.26. The maximum atomic E-state index is 13.1. The highest BCUT2D eigenvalue weighted by molar-refractivity contribution is 5.26. The van der Waals surface area contributed by atoms with Gasteiger partial charge in [0, 0.05) is 12.6 Å². The van der Waals surface area contributed by atoms with Crippen LogP contribution in [0.2, 0.25) is 0 Å². The van der Waals surface area contributed by atoms with Crippen molar-refractivity contribution < 1.29 is 4.39 Å². The Hall–Kier alpha value is -0.890. The third kappa shape index (κ3) is 3.82. The van der Waals surface area contributed by atoms with Crippen molar-refractivity contribution in [2.24, 2.45) is 17.8 Å². The lowest BCUT2D eigenvalue weighted by atomic mass is 9.74. The molecule has 2 rings (SSSR count). The van der Waals surface area contributed by atoms with E-state index in [-0.39, 0.29) is 5.82 Å². The second-order valence-electron chi connectivity index (χ2n) is 6.88. The summed E-state index contributed by atoms with van der Waals surface area (Å²) in [6.07, 6.45) is 3.96. The molecule has 1 nitrogen and oxygen atoms in total. The van der Waals surface area contributed by atoms with Gasteiger partial charge in [0.1, 0.15) is 5.82 Å². The van der Waals surface area contributed by atoms with Gasteiger partial charge in [-0.3, -0.25) is 0 Å². The van der Waals surface area contributed by atoms with Crippen molar-refractivity contribution >= 4 is 0 Å². The summed E-state index contributed by atoms with van der Waals surface area (Å²) in [5.74, 6) is 2.18. The van der Waals surface area contributed by atoms with Gasteiger partial charge in [-0.15, -0.1) is 0 Å². The Kier molecular flexibility index (Phi) is 5.20. The van der Waals surface area contributed by atoms with E-state index in [1.54, 1.807) is 12.1 Å². The molecule has 1 aromatic rings. The molecule has 2 heteroatoms. The minimum atomic E-state index is -0.141. The Morgan fingerprint density at radius 1 is 1.30 bits per heavy atom. The van der Waals surface area contributed by atoms with Gasteiger partial charge in [-0.25, -0.2) is 4.39 Å². The van der Waals surface area contributed by atoms with Crippen molar-refractivity contribution in [2.45, 2.75) is 59.5 Å². The lowest BCUT2D eigenvalue weighted by Crippen LogP contribution is -2.42. The Morgan fingerprint density at radius 2 is 2.05 bits per heavy atom. The molecule has 0 aromatic heterocycles. The first-order valence-corrected chi connectivity index (χ1v) is 7.95. The lowest BCUT2D eigenvalue weighted by Gasteiger charge is -2.38. The molecule has 1 aliphatic carbocycles. The molecular weight excluding hydrogens is 249 g/mol. The molecule has 1 fully saturated rings. The Balaban J connectivity index is 2.00. The zero-order valence-electron chi connectivity index (χ0n) is 13.2. The van der Waals surface area contributed by atoms with Crippen LogP contribution in [0.25, 0.3) is 0 Å². The van der Waals surface area contributed by atoms with E-state index in [1.165, 1.54) is 24.8 Å². The highest BCUT2D eigenvalue weighted by Crippen LogP contribution is 2.33. The van der Waals surface area contributed by atoms with Crippen molar-refractivity contribution in [2.75, 3.05) is 0 Å². The van der Waals surface area contributed by atoms with Crippen LogP contribution in [-0.2, 0) is 6.54 Å². The quantitative estimate of drug-likeness (QED) is 0.842. The van der Waals surface area contributed by atoms with Crippen LogP contribution in [0.4, 0.5) is 4.39 Å². The highest BCUT2D eigenvalue weighted by Gasteiger charge is 2.30. The van der Waals surface area contributed by atoms with E-state index in [1.807, 2.05) is 13.0 Å². The van der Waals surface area contributed by atoms with Gasteiger partial charge in [0.25, 0.3) is 0 Å². The van der Waals surface area contributed by atoms with E-state index in [2.05, 4.69) is 26.1 Å². The third-order valence-electron chi connectivity index (χ3n) is 4.88. The fourth-order valence-corrected chi connectivity index (χ4v) is 3.54. The van der Waals surface area contributed by atoms with Gasteiger partial charge >= 0.3 is 0 Å². The molecule has 0 radical (unpaired) electrons. The van der Waals surface area contributed by atoms with Gasteiger partial charge in [-0.05, 0) is 60.8 Å². The Labute approximate surface area is 123 Å². The summed E-state index contributed by atoms with van der Waals surface area (Å²) in [5, 5.41) is 3.74. The highest BCUT2D eigenvalue weighted by atomic mass is 19.1. The van der Waals surface area contributed by atoms with Crippen LogP contribution < -0.4 is 5.32 Å². The fourth-order valence-electron chi connectivity index (χ4n) is 3.54. The zero-order valence-corrected chi connectivity index (χ0v) is 13.2. The summed E-state index contributed by atoms with van der Waals surface area (Å²) >= 11 is 0. The van der Waals surface area contributed by atoms with E-state index >= 15 is 0 Å². The summed E-state index contributed by atoms with van der Waals surface area (Å²) in [6.45, 7) is 9.86. The molecule has 0 amide bonds. The SMILES string of the molecule is Cc1cc(F)ccc1CNC1CC(C)CCC1C(C)C. The number of hydrogen-bond donors (Lipinski definition) is 1. The van der Waals surface area contributed by atoms with E-state index in [0.29, 0.717) is 6.04 Å². The van der Waals surface area contributed by atoms with Crippen molar-refractivity contribution in [3.8, 4) is 0 Å². The van der Waals surface area contributed by atoms with Crippen molar-refractivity contribution in [3.05, 3.63) is 35.1 Å². The van der Waals surface area contributed by atoms with Crippen LogP contribution in [0, 0.1) is 30.5 Å². The summed E-state index contributed by atoms with van der Waals surface area (Å²) < 4.78 is 13.1. The molecule has 0 aliphatic heterocycles. The predicted molar refractivity (Wildman–Crippen MR) is 83.1 cm³/mol. The topological polar surface area (TPSA) is 12.0 Å². The minimum absolute atomic E-state index is 0.141. The van der Waals surface area contributed by atoms with E-state index in [0.717, 1.165) is 29.9 Å². The lowest BCUT2D eigenvalue weighted by molar-refractivity contribution is 0.169. The van der Waals surface area contributed by atoms with Crippen LogP contribution in [-0.4, -0.2) is 6.04 Å². The Bertz CT molecular complexity index is 441. The van der Waals surface area contributed by atoms with Crippen molar-refractivity contribution in [3.63, 3.8) is 0 Å². The number of rotatable bonds is 4. The third-order valence-corrected chi connectivity index (χ3v) is 4.88. The van der Waals surface area contributed by atoms with Crippen LogP contribution >= 0.6 is 0 Å². The molecule has 20 heavy (non-hydrogen) atoms. The van der Waals surface area contributed by atoms with Crippen LogP contribution in [0.5, 0.6) is 0 Å². The van der Waals surface area contributed by atoms with Gasteiger partial charge in [0.15, 0.2) is 0 Å². The van der Waals surface area contributed by atoms with Crippen LogP contribution in [0.3, 0.4) is 0 Å². The molecule has 0 bridgehead atoms. The molecule has 3 unspecified atom stereocenters. The number of hydrogen-bond acceptors (Lipinski definition) is 1.